The molecule has 1 aliphatic rings. The second-order valence-corrected chi connectivity index (χ2v) is 11.0. The van der Waals surface area contributed by atoms with Crippen LogP contribution in [0.1, 0.15) is 65.7 Å². The lowest BCUT2D eigenvalue weighted by Crippen LogP contribution is -2.33. The molecule has 4 rings (SSSR count). The Morgan fingerprint density at radius 3 is 2.50 bits per heavy atom. The average Bonchev–Trinajstić information content (AvgIpc) is 3.23. The number of carboxylic acids is 1. The van der Waals surface area contributed by atoms with Crippen molar-refractivity contribution < 1.29 is 19.4 Å². The van der Waals surface area contributed by atoms with Crippen molar-refractivity contribution in [1.29, 1.82) is 0 Å². The lowest BCUT2D eigenvalue weighted by atomic mass is 9.91. The van der Waals surface area contributed by atoms with Gasteiger partial charge in [0.25, 0.3) is 5.91 Å². The summed E-state index contributed by atoms with van der Waals surface area (Å²) in [5, 5.41) is 10.3. The maximum atomic E-state index is 13.6. The zero-order chi connectivity index (χ0) is 27.3. The van der Waals surface area contributed by atoms with Crippen molar-refractivity contribution in [3.8, 4) is 5.75 Å². The van der Waals surface area contributed by atoms with Gasteiger partial charge >= 0.3 is 5.97 Å². The minimum atomic E-state index is -0.935. The Kier molecular flexibility index (Phi) is 9.01. The third-order valence-electron chi connectivity index (χ3n) is 6.92. The van der Waals surface area contributed by atoms with E-state index >= 15 is 0 Å². The van der Waals surface area contributed by atoms with Crippen LogP contribution in [-0.4, -0.2) is 34.0 Å². The number of aliphatic carboxylic acids is 1. The molecule has 38 heavy (non-hydrogen) atoms. The molecule has 1 N–H and O–H groups in total. The molecule has 0 unspecified atom stereocenters. The van der Waals surface area contributed by atoms with E-state index in [9.17, 15) is 14.7 Å². The number of aryl methyl sites for hydroxylation is 1. The van der Waals surface area contributed by atoms with Gasteiger partial charge in [0.05, 0.1) is 16.5 Å². The Hall–Kier alpha value is -3.02. The molecule has 0 bridgehead atoms. The normalized spacial score (nSPS) is 16.1. The molecule has 7 heteroatoms. The van der Waals surface area contributed by atoms with E-state index in [1.807, 2.05) is 43.3 Å². The van der Waals surface area contributed by atoms with Crippen molar-refractivity contribution in [3.63, 3.8) is 0 Å². The van der Waals surface area contributed by atoms with Gasteiger partial charge in [-0.15, -0.1) is 0 Å². The number of amides is 1. The van der Waals surface area contributed by atoms with Gasteiger partial charge in [-0.05, 0) is 66.3 Å². The number of fused-ring (bicyclic) bond motifs is 1. The smallest absolute Gasteiger partial charge is 0.305 e. The predicted molar refractivity (Wildman–Crippen MR) is 151 cm³/mol. The second-order valence-electron chi connectivity index (χ2n) is 10.2. The summed E-state index contributed by atoms with van der Waals surface area (Å²) in [6.07, 6.45) is 4.36. The number of halogens is 2. The summed E-state index contributed by atoms with van der Waals surface area (Å²) in [6, 6.07) is 19.2. The quantitative estimate of drug-likeness (QED) is 0.268. The van der Waals surface area contributed by atoms with Crippen molar-refractivity contribution >= 4 is 35.1 Å². The van der Waals surface area contributed by atoms with E-state index in [-0.39, 0.29) is 18.9 Å². The summed E-state index contributed by atoms with van der Waals surface area (Å²) >= 11 is 12.6. The molecule has 1 heterocycles. The molecule has 0 radical (unpaired) electrons. The fraction of sp³-hybridized carbons (Fsp3) is 0.355. The average molecular weight is 555 g/mol. The molecular weight excluding hydrogens is 521 g/mol. The highest BCUT2D eigenvalue weighted by Crippen LogP contribution is 2.39. The van der Waals surface area contributed by atoms with Crippen LogP contribution in [0.4, 0.5) is 0 Å². The summed E-state index contributed by atoms with van der Waals surface area (Å²) < 4.78 is 6.30. The zero-order valence-corrected chi connectivity index (χ0v) is 23.3. The molecule has 0 aromatic heterocycles. The Bertz CT molecular complexity index is 1310. The van der Waals surface area contributed by atoms with Crippen molar-refractivity contribution in [2.24, 2.45) is 0 Å². The van der Waals surface area contributed by atoms with Crippen LogP contribution < -0.4 is 4.74 Å². The van der Waals surface area contributed by atoms with Crippen LogP contribution in [0.2, 0.25) is 10.0 Å². The molecule has 0 saturated carbocycles. The number of ether oxygens (including phenoxy) is 1. The summed E-state index contributed by atoms with van der Waals surface area (Å²) in [4.78, 5) is 26.5. The highest BCUT2D eigenvalue weighted by Gasteiger charge is 2.36. The Labute approximate surface area is 234 Å². The van der Waals surface area contributed by atoms with Crippen LogP contribution in [0, 0.1) is 0 Å². The molecule has 0 spiro atoms. The molecule has 0 aliphatic carbocycles. The Balaban J connectivity index is 1.50. The molecule has 1 amide bonds. The van der Waals surface area contributed by atoms with Crippen LogP contribution in [0.3, 0.4) is 0 Å². The van der Waals surface area contributed by atoms with E-state index in [0.29, 0.717) is 35.0 Å². The Morgan fingerprint density at radius 1 is 1.05 bits per heavy atom. The maximum absolute atomic E-state index is 13.6. The summed E-state index contributed by atoms with van der Waals surface area (Å²) in [6.45, 7) is 4.67. The van der Waals surface area contributed by atoms with Crippen molar-refractivity contribution in [2.45, 2.75) is 64.5 Å². The van der Waals surface area contributed by atoms with E-state index in [1.165, 1.54) is 5.56 Å². The number of unbranched alkanes of at least 4 members (excludes halogenated alkanes) is 1. The van der Waals surface area contributed by atoms with Crippen LogP contribution in [0.25, 0.3) is 0 Å². The van der Waals surface area contributed by atoms with Gasteiger partial charge in [0.2, 0.25) is 0 Å². The van der Waals surface area contributed by atoms with Gasteiger partial charge in [-0.2, -0.15) is 0 Å². The van der Waals surface area contributed by atoms with Gasteiger partial charge in [-0.25, -0.2) is 0 Å². The van der Waals surface area contributed by atoms with Crippen molar-refractivity contribution in [2.75, 3.05) is 6.54 Å². The van der Waals surface area contributed by atoms with Gasteiger partial charge in [0, 0.05) is 31.5 Å². The number of hydrogen-bond donors (Lipinski definition) is 1. The molecule has 1 aliphatic heterocycles. The molecule has 3 aromatic rings. The standard InChI is InChI=1S/C31H33Cl2NO4/c1-3-4-6-21-9-11-22(12-10-21)20-34(16-15-28(35)36)30(37)23-13-14-27-25(17-23)19-31(2,38-27)18-24-7-5-8-26(32)29(24)33/h5,7-14,17H,3-4,6,15-16,18-20H2,1-2H3,(H,35,36)/t31-/m1/s1. The number of nitrogens with zero attached hydrogens (tertiary/aromatic N) is 1. The highest BCUT2D eigenvalue weighted by atomic mass is 35.5. The minimum absolute atomic E-state index is 0.118. The van der Waals surface area contributed by atoms with E-state index < -0.39 is 11.6 Å². The van der Waals surface area contributed by atoms with Crippen molar-refractivity contribution in [1.82, 2.24) is 4.90 Å². The third kappa shape index (κ3) is 6.89. The lowest BCUT2D eigenvalue weighted by Gasteiger charge is -2.24. The number of hydrogen-bond acceptors (Lipinski definition) is 3. The Morgan fingerprint density at radius 2 is 1.79 bits per heavy atom. The first-order chi connectivity index (χ1) is 18.2. The predicted octanol–water partition coefficient (Wildman–Crippen LogP) is 7.39. The van der Waals surface area contributed by atoms with Gasteiger partial charge in [0.1, 0.15) is 11.4 Å². The summed E-state index contributed by atoms with van der Waals surface area (Å²) in [5.74, 6) is -0.395. The molecule has 1 atom stereocenters. The first kappa shape index (κ1) is 28.0. The zero-order valence-electron chi connectivity index (χ0n) is 21.8. The molecule has 0 saturated heterocycles. The SMILES string of the molecule is CCCCc1ccc(CN(CCC(=O)O)C(=O)c2ccc3c(c2)C[C@@](C)(Cc2cccc(Cl)c2Cl)O3)cc1. The molecule has 3 aromatic carbocycles. The monoisotopic (exact) mass is 553 g/mol. The van der Waals surface area contributed by atoms with Crippen LogP contribution >= 0.6 is 23.2 Å². The number of carbonyl (C=O) groups excluding carboxylic acids is 1. The first-order valence-corrected chi connectivity index (χ1v) is 13.8. The number of carbonyl (C=O) groups is 2. The van der Waals surface area contributed by atoms with Gasteiger partial charge in [-0.3, -0.25) is 9.59 Å². The minimum Gasteiger partial charge on any atom is -0.487 e. The van der Waals surface area contributed by atoms with Crippen LogP contribution in [-0.2, 0) is 30.6 Å². The van der Waals surface area contributed by atoms with Crippen molar-refractivity contribution in [3.05, 3.63) is 98.5 Å². The third-order valence-corrected chi connectivity index (χ3v) is 7.78. The summed E-state index contributed by atoms with van der Waals surface area (Å²) in [7, 11) is 0. The fourth-order valence-electron chi connectivity index (χ4n) is 4.92. The molecule has 5 nitrogen and oxygen atoms in total. The van der Waals surface area contributed by atoms with Gasteiger partial charge in [-0.1, -0.05) is 72.9 Å². The van der Waals surface area contributed by atoms with Gasteiger partial charge < -0.3 is 14.7 Å². The summed E-state index contributed by atoms with van der Waals surface area (Å²) in [5.41, 5.74) is 4.07. The molecular formula is C31H33Cl2NO4. The number of rotatable bonds is 11. The van der Waals surface area contributed by atoms with E-state index in [2.05, 4.69) is 19.1 Å². The van der Waals surface area contributed by atoms with Crippen LogP contribution in [0.15, 0.2) is 60.7 Å². The van der Waals surface area contributed by atoms with Gasteiger partial charge in [0.15, 0.2) is 0 Å². The maximum Gasteiger partial charge on any atom is 0.305 e. The molecule has 200 valence electrons. The first-order valence-electron chi connectivity index (χ1n) is 13.0. The van der Waals surface area contributed by atoms with E-state index in [1.54, 1.807) is 17.0 Å². The molecule has 0 fully saturated rings. The second kappa shape index (κ2) is 12.2. The fourth-order valence-corrected chi connectivity index (χ4v) is 5.31. The topological polar surface area (TPSA) is 66.8 Å². The number of carboxylic acid groups (broad SMARTS) is 1. The largest absolute Gasteiger partial charge is 0.487 e. The van der Waals surface area contributed by atoms with E-state index in [4.69, 9.17) is 27.9 Å². The highest BCUT2D eigenvalue weighted by molar-refractivity contribution is 6.42. The van der Waals surface area contributed by atoms with E-state index in [0.717, 1.165) is 41.7 Å². The van der Waals surface area contributed by atoms with Crippen LogP contribution in [0.5, 0.6) is 5.75 Å². The number of benzene rings is 3. The lowest BCUT2D eigenvalue weighted by molar-refractivity contribution is -0.137.